The Hall–Kier alpha value is -1.21. The topological polar surface area (TPSA) is 104 Å². The van der Waals surface area contributed by atoms with E-state index in [1.165, 1.54) is 12.1 Å². The molecule has 1 aromatic carbocycles. The maximum Gasteiger partial charge on any atom is 0.269 e. The van der Waals surface area contributed by atoms with Gasteiger partial charge in [-0.05, 0) is 6.07 Å². The lowest BCUT2D eigenvalue weighted by atomic mass is 10.0. The summed E-state index contributed by atoms with van der Waals surface area (Å²) in [6.07, 6.45) is -2.89. The normalized spacial score (nSPS) is 14.5. The zero-order chi connectivity index (χ0) is 12.3. The molecule has 0 heterocycles. The summed E-state index contributed by atoms with van der Waals surface area (Å²) < 4.78 is 0. The van der Waals surface area contributed by atoms with Crippen LogP contribution in [0.5, 0.6) is 0 Å². The smallest absolute Gasteiger partial charge is 0.269 e. The van der Waals surface area contributed by atoms with Gasteiger partial charge in [-0.3, -0.25) is 10.1 Å². The fourth-order valence-electron chi connectivity index (χ4n) is 1.18. The van der Waals surface area contributed by atoms with Crippen molar-refractivity contribution in [3.8, 4) is 0 Å². The van der Waals surface area contributed by atoms with Crippen molar-refractivity contribution in [3.63, 3.8) is 0 Å². The van der Waals surface area contributed by atoms with Gasteiger partial charge in [-0.15, -0.1) is 0 Å². The van der Waals surface area contributed by atoms with Crippen LogP contribution in [0.15, 0.2) is 18.2 Å². The molecule has 7 heteroatoms. The Labute approximate surface area is 95.9 Å². The Balaban J connectivity index is 3.11. The van der Waals surface area contributed by atoms with E-state index in [2.05, 4.69) is 0 Å². The molecule has 2 unspecified atom stereocenters. The first-order chi connectivity index (χ1) is 7.47. The minimum absolute atomic E-state index is 0.0115. The molecule has 0 aromatic heterocycles. The van der Waals surface area contributed by atoms with E-state index in [0.717, 1.165) is 6.07 Å². The maximum absolute atomic E-state index is 10.5. The Morgan fingerprint density at radius 1 is 1.44 bits per heavy atom. The van der Waals surface area contributed by atoms with Gasteiger partial charge >= 0.3 is 0 Å². The summed E-state index contributed by atoms with van der Waals surface area (Å²) in [4.78, 5) is 9.85. The van der Waals surface area contributed by atoms with Crippen LogP contribution in [0.25, 0.3) is 0 Å². The van der Waals surface area contributed by atoms with Gasteiger partial charge in [-0.1, -0.05) is 11.6 Å². The van der Waals surface area contributed by atoms with Gasteiger partial charge in [0.2, 0.25) is 0 Å². The number of aliphatic hydroxyl groups excluding tert-OH is 3. The highest BCUT2D eigenvalue weighted by atomic mass is 35.5. The van der Waals surface area contributed by atoms with E-state index in [9.17, 15) is 20.3 Å². The fourth-order valence-corrected chi connectivity index (χ4v) is 1.41. The Morgan fingerprint density at radius 2 is 2.06 bits per heavy atom. The summed E-state index contributed by atoms with van der Waals surface area (Å²) in [6, 6.07) is 3.50. The number of hydrogen-bond donors (Lipinski definition) is 3. The van der Waals surface area contributed by atoms with Crippen LogP contribution in [0, 0.1) is 10.1 Å². The molecule has 16 heavy (non-hydrogen) atoms. The summed E-state index contributed by atoms with van der Waals surface area (Å²) in [6.45, 7) is -0.666. The maximum atomic E-state index is 10.5. The average Bonchev–Trinajstić information content (AvgIpc) is 2.27. The second kappa shape index (κ2) is 5.22. The van der Waals surface area contributed by atoms with Crippen molar-refractivity contribution in [2.75, 3.05) is 6.61 Å². The molecule has 88 valence electrons. The van der Waals surface area contributed by atoms with Crippen molar-refractivity contribution in [1.82, 2.24) is 0 Å². The predicted octanol–water partition coefficient (Wildman–Crippen LogP) is 0.635. The van der Waals surface area contributed by atoms with Crippen LogP contribution in [0.1, 0.15) is 11.7 Å². The molecule has 3 N–H and O–H groups in total. The number of rotatable bonds is 4. The molecule has 0 amide bonds. The molecule has 0 fully saturated rings. The van der Waals surface area contributed by atoms with E-state index in [1.807, 2.05) is 0 Å². The molecular formula is C9H10ClNO5. The lowest BCUT2D eigenvalue weighted by Crippen LogP contribution is -2.22. The number of aliphatic hydroxyl groups is 3. The number of nitrogens with zero attached hydrogens (tertiary/aromatic N) is 1. The van der Waals surface area contributed by atoms with Crippen LogP contribution in [0.3, 0.4) is 0 Å². The molecule has 6 nitrogen and oxygen atoms in total. The quantitative estimate of drug-likeness (QED) is 0.535. The van der Waals surface area contributed by atoms with Crippen molar-refractivity contribution in [2.24, 2.45) is 0 Å². The second-order valence-corrected chi connectivity index (χ2v) is 3.56. The van der Waals surface area contributed by atoms with Gasteiger partial charge in [-0.25, -0.2) is 0 Å². The largest absolute Gasteiger partial charge is 0.394 e. The van der Waals surface area contributed by atoms with Crippen LogP contribution in [0.2, 0.25) is 5.02 Å². The molecule has 0 radical (unpaired) electrons. The summed E-state index contributed by atoms with van der Waals surface area (Å²) in [7, 11) is 0. The van der Waals surface area contributed by atoms with Crippen molar-refractivity contribution < 1.29 is 20.2 Å². The molecule has 2 atom stereocenters. The van der Waals surface area contributed by atoms with E-state index in [4.69, 9.17) is 16.7 Å². The molecule has 1 aromatic rings. The number of benzene rings is 1. The SMILES string of the molecule is O=[N+]([O-])c1ccc(Cl)c(C(O)C(O)CO)c1. The molecule has 0 aliphatic rings. The highest BCUT2D eigenvalue weighted by molar-refractivity contribution is 6.31. The predicted molar refractivity (Wildman–Crippen MR) is 56.2 cm³/mol. The standard InChI is InChI=1S/C9H10ClNO5/c10-7-2-1-5(11(15)16)3-6(7)9(14)8(13)4-12/h1-3,8-9,12-14H,4H2. The summed E-state index contributed by atoms with van der Waals surface area (Å²) in [5.41, 5.74) is -0.235. The Bertz CT molecular complexity index is 397. The zero-order valence-corrected chi connectivity index (χ0v) is 8.83. The molecule has 0 spiro atoms. The van der Waals surface area contributed by atoms with Crippen LogP contribution in [-0.4, -0.2) is 33.0 Å². The van der Waals surface area contributed by atoms with Gasteiger partial charge < -0.3 is 15.3 Å². The van der Waals surface area contributed by atoms with Gasteiger partial charge in [0.15, 0.2) is 0 Å². The third kappa shape index (κ3) is 2.67. The monoisotopic (exact) mass is 247 g/mol. The lowest BCUT2D eigenvalue weighted by molar-refractivity contribution is -0.385. The number of hydrogen-bond acceptors (Lipinski definition) is 5. The van der Waals surface area contributed by atoms with Crippen molar-refractivity contribution >= 4 is 17.3 Å². The average molecular weight is 248 g/mol. The van der Waals surface area contributed by atoms with Crippen LogP contribution in [-0.2, 0) is 0 Å². The molecule has 0 saturated carbocycles. The van der Waals surface area contributed by atoms with E-state index in [1.54, 1.807) is 0 Å². The summed E-state index contributed by atoms with van der Waals surface area (Å²) in [5.74, 6) is 0. The first-order valence-corrected chi connectivity index (χ1v) is 4.76. The Kier molecular flexibility index (Phi) is 4.19. The molecule has 0 bridgehead atoms. The molecule has 1 rings (SSSR count). The first-order valence-electron chi connectivity index (χ1n) is 4.38. The van der Waals surface area contributed by atoms with Gasteiger partial charge in [0.1, 0.15) is 12.2 Å². The summed E-state index contributed by atoms with van der Waals surface area (Å²) in [5, 5.41) is 38.0. The van der Waals surface area contributed by atoms with E-state index in [-0.39, 0.29) is 16.3 Å². The van der Waals surface area contributed by atoms with Gasteiger partial charge in [-0.2, -0.15) is 0 Å². The zero-order valence-electron chi connectivity index (χ0n) is 8.08. The van der Waals surface area contributed by atoms with Crippen LogP contribution >= 0.6 is 11.6 Å². The van der Waals surface area contributed by atoms with Gasteiger partial charge in [0.05, 0.1) is 11.5 Å². The van der Waals surface area contributed by atoms with E-state index < -0.39 is 23.7 Å². The molecule has 0 aliphatic heterocycles. The minimum Gasteiger partial charge on any atom is -0.394 e. The number of nitro groups is 1. The van der Waals surface area contributed by atoms with Gasteiger partial charge in [0, 0.05) is 22.7 Å². The highest BCUT2D eigenvalue weighted by Crippen LogP contribution is 2.28. The van der Waals surface area contributed by atoms with Gasteiger partial charge in [0.25, 0.3) is 5.69 Å². The molecular weight excluding hydrogens is 238 g/mol. The second-order valence-electron chi connectivity index (χ2n) is 3.16. The number of non-ortho nitro benzene ring substituents is 1. The van der Waals surface area contributed by atoms with Crippen LogP contribution < -0.4 is 0 Å². The Morgan fingerprint density at radius 3 is 2.56 bits per heavy atom. The molecule has 0 aliphatic carbocycles. The van der Waals surface area contributed by atoms with Crippen molar-refractivity contribution in [3.05, 3.63) is 38.9 Å². The number of nitro benzene ring substituents is 1. The van der Waals surface area contributed by atoms with Crippen LogP contribution in [0.4, 0.5) is 5.69 Å². The first kappa shape index (κ1) is 12.9. The lowest BCUT2D eigenvalue weighted by Gasteiger charge is -2.16. The van der Waals surface area contributed by atoms with E-state index in [0.29, 0.717) is 0 Å². The minimum atomic E-state index is -1.46. The van der Waals surface area contributed by atoms with Crippen molar-refractivity contribution in [1.29, 1.82) is 0 Å². The third-order valence-electron chi connectivity index (χ3n) is 2.06. The summed E-state index contributed by atoms with van der Waals surface area (Å²) >= 11 is 5.72. The third-order valence-corrected chi connectivity index (χ3v) is 2.40. The number of halogens is 1. The fraction of sp³-hybridized carbons (Fsp3) is 0.333. The van der Waals surface area contributed by atoms with E-state index >= 15 is 0 Å². The van der Waals surface area contributed by atoms with Crippen molar-refractivity contribution in [2.45, 2.75) is 12.2 Å². The highest BCUT2D eigenvalue weighted by Gasteiger charge is 2.22. The molecule has 0 saturated heterocycles.